The van der Waals surface area contributed by atoms with Gasteiger partial charge in [-0.3, -0.25) is 4.90 Å². The maximum Gasteiger partial charge on any atom is 0.345 e. The second-order valence-corrected chi connectivity index (χ2v) is 17.1. The molecule has 5 aromatic carbocycles. The topological polar surface area (TPSA) is 181 Å². The first kappa shape index (κ1) is 42.8. The molecule has 9 rings (SSSR count). The van der Waals surface area contributed by atoms with Crippen LogP contribution in [-0.4, -0.2) is 100 Å². The number of piperazine rings is 1. The fraction of sp³-hybridized carbons (Fsp3) is 0.239. The third-order valence-corrected chi connectivity index (χ3v) is 12.9. The Kier molecular flexibility index (Phi) is 11.8. The minimum absolute atomic E-state index is 0.0340. The number of hydrogen-bond acceptors (Lipinski definition) is 13. The molecule has 0 amide bonds. The summed E-state index contributed by atoms with van der Waals surface area (Å²) in [6, 6.07) is 20.8. The fourth-order valence-corrected chi connectivity index (χ4v) is 9.53. The molecule has 0 unspecified atom stereocenters. The van der Waals surface area contributed by atoms with E-state index in [0.717, 1.165) is 37.8 Å². The second-order valence-electron chi connectivity index (χ2n) is 15.7. The number of methoxy groups -OCH3 is 1. The van der Waals surface area contributed by atoms with Crippen molar-refractivity contribution in [2.24, 2.45) is 5.84 Å². The Labute approximate surface area is 374 Å². The van der Waals surface area contributed by atoms with Gasteiger partial charge in [-0.15, -0.1) is 11.3 Å². The molecule has 1 fully saturated rings. The molecule has 18 heteroatoms. The highest BCUT2D eigenvalue weighted by molar-refractivity contribution is 7.26. The number of carbonyl (C=O) groups is 1. The van der Waals surface area contributed by atoms with Crippen molar-refractivity contribution in [3.8, 4) is 34.5 Å². The molecule has 0 spiro atoms. The van der Waals surface area contributed by atoms with Crippen LogP contribution in [-0.2, 0) is 17.8 Å². The number of anilines is 1. The monoisotopic (exact) mass is 907 g/mol. The molecule has 4 heterocycles. The summed E-state index contributed by atoms with van der Waals surface area (Å²) in [6.45, 7) is 4.22. The molecule has 0 radical (unpaired) electrons. The highest BCUT2D eigenvalue weighted by atomic mass is 35.5. The standard InChI is InChI=1S/C46H41ClF2N8O6S/c1-57(51)18-15-56(16-19-57)17-20-61-33-12-11-28-35(39(33)47)36-29(22-30(48)40(49)41(36)50)42-37(28)38-44(53-24-54-45(38)64-42)63-34(46(58)59)21-25-7-3-5-9-31(25)62-23-26-13-14-52-43(55-26)27-8-4-6-10-32(27)60-2/h3-14,22,24,34H,15-21,23,50-51H2,1-2H3/p+1/t34-/m1/s1. The number of aromatic nitrogens is 4. The van der Waals surface area contributed by atoms with Gasteiger partial charge in [-0.05, 0) is 53.4 Å². The SMILES string of the molecule is COc1ccccc1-c1nccc(COc2ccccc2C[C@@H](Oc2ncnc3sc4c5cc(F)c(F)c(N)c5c5c(Cl)c(OCCN6CC[N+](C)(N)CC6)ccc5c4c23)C(=O)O)n1. The Balaban J connectivity index is 1.05. The van der Waals surface area contributed by atoms with Crippen LogP contribution in [0.1, 0.15) is 11.3 Å². The van der Waals surface area contributed by atoms with E-state index in [1.807, 2.05) is 31.3 Å². The number of carboxylic acid groups (broad SMARTS) is 1. The van der Waals surface area contributed by atoms with Gasteiger partial charge in [0.15, 0.2) is 17.5 Å². The maximum absolute atomic E-state index is 15.3. The Morgan fingerprint density at radius 3 is 2.48 bits per heavy atom. The number of halogens is 3. The van der Waals surface area contributed by atoms with E-state index in [4.69, 9.17) is 42.1 Å². The third-order valence-electron chi connectivity index (χ3n) is 11.4. The van der Waals surface area contributed by atoms with E-state index in [9.17, 15) is 9.90 Å². The van der Waals surface area contributed by atoms with Gasteiger partial charge in [-0.25, -0.2) is 38.1 Å². The maximum atomic E-state index is 15.3. The van der Waals surface area contributed by atoms with Gasteiger partial charge in [0, 0.05) is 58.5 Å². The van der Waals surface area contributed by atoms with Gasteiger partial charge in [-0.1, -0.05) is 41.9 Å². The minimum Gasteiger partial charge on any atom is -0.496 e. The molecule has 8 aromatic rings. The minimum atomic E-state index is -1.45. The number of nitrogen functional groups attached to an aromatic ring is 1. The van der Waals surface area contributed by atoms with Crippen LogP contribution in [0, 0.1) is 11.6 Å². The first-order valence-electron chi connectivity index (χ1n) is 20.3. The number of quaternary nitrogens is 1. The number of ether oxygens (including phenoxy) is 4. The molecule has 1 aliphatic heterocycles. The summed E-state index contributed by atoms with van der Waals surface area (Å²) in [4.78, 5) is 33.7. The van der Waals surface area contributed by atoms with Crippen LogP contribution in [0.4, 0.5) is 14.5 Å². The van der Waals surface area contributed by atoms with Crippen molar-refractivity contribution in [1.82, 2.24) is 24.8 Å². The lowest BCUT2D eigenvalue weighted by atomic mass is 9.95. The number of thiophene rings is 1. The summed E-state index contributed by atoms with van der Waals surface area (Å²) in [5, 5.41) is 12.9. The largest absolute Gasteiger partial charge is 0.496 e. The van der Waals surface area contributed by atoms with Crippen molar-refractivity contribution >= 4 is 76.4 Å². The number of nitrogens with zero attached hydrogens (tertiary/aromatic N) is 6. The number of benzene rings is 5. The van der Waals surface area contributed by atoms with Crippen molar-refractivity contribution in [3.05, 3.63) is 113 Å². The van der Waals surface area contributed by atoms with Gasteiger partial charge in [0.1, 0.15) is 54.7 Å². The first-order chi connectivity index (χ1) is 30.9. The number of nitrogens with two attached hydrogens (primary N) is 2. The highest BCUT2D eigenvalue weighted by Gasteiger charge is 2.29. The first-order valence-corrected chi connectivity index (χ1v) is 21.5. The van der Waals surface area contributed by atoms with Crippen molar-refractivity contribution < 1.29 is 42.2 Å². The van der Waals surface area contributed by atoms with E-state index in [1.54, 1.807) is 55.8 Å². The molecule has 328 valence electrons. The van der Waals surface area contributed by atoms with Crippen LogP contribution in [0.15, 0.2) is 85.3 Å². The lowest BCUT2D eigenvalue weighted by Gasteiger charge is -2.37. The van der Waals surface area contributed by atoms with Gasteiger partial charge in [0.2, 0.25) is 12.0 Å². The number of fused-ring (bicyclic) bond motifs is 8. The molecular formula is C46H42ClF2N8O6S+. The van der Waals surface area contributed by atoms with Crippen molar-refractivity contribution in [3.63, 3.8) is 0 Å². The van der Waals surface area contributed by atoms with Crippen molar-refractivity contribution in [2.45, 2.75) is 19.1 Å². The zero-order valence-electron chi connectivity index (χ0n) is 34.7. The molecule has 14 nitrogen and oxygen atoms in total. The number of rotatable bonds is 14. The Bertz CT molecular complexity index is 3090. The summed E-state index contributed by atoms with van der Waals surface area (Å²) in [7, 11) is 3.57. The summed E-state index contributed by atoms with van der Waals surface area (Å²) < 4.78 is 55.8. The summed E-state index contributed by atoms with van der Waals surface area (Å²) in [5.41, 5.74) is 7.80. The summed E-state index contributed by atoms with van der Waals surface area (Å²) in [5.74, 6) is 4.45. The van der Waals surface area contributed by atoms with Gasteiger partial charge in [-0.2, -0.15) is 5.84 Å². The van der Waals surface area contributed by atoms with E-state index < -0.39 is 29.4 Å². The van der Waals surface area contributed by atoms with Gasteiger partial charge >= 0.3 is 5.97 Å². The number of aliphatic carboxylic acids is 1. The number of likely N-dealkylation sites (N-methyl/N-ethyl adjacent to an activating group) is 1. The molecule has 0 aliphatic carbocycles. The number of carboxylic acids is 1. The smallest absolute Gasteiger partial charge is 0.345 e. The lowest BCUT2D eigenvalue weighted by Crippen LogP contribution is -2.61. The van der Waals surface area contributed by atoms with E-state index in [-0.39, 0.29) is 34.7 Å². The van der Waals surface area contributed by atoms with Crippen LogP contribution in [0.25, 0.3) is 53.2 Å². The molecule has 64 heavy (non-hydrogen) atoms. The number of para-hydroxylation sites is 2. The zero-order valence-corrected chi connectivity index (χ0v) is 36.3. The Morgan fingerprint density at radius 1 is 0.938 bits per heavy atom. The van der Waals surface area contributed by atoms with Gasteiger partial charge in [0.05, 0.1) is 41.5 Å². The molecule has 1 atom stereocenters. The summed E-state index contributed by atoms with van der Waals surface area (Å²) in [6.07, 6.45) is 1.32. The quantitative estimate of drug-likeness (QED) is 0.0417. The number of hydrogen-bond donors (Lipinski definition) is 3. The van der Waals surface area contributed by atoms with Gasteiger partial charge in [0.25, 0.3) is 0 Å². The van der Waals surface area contributed by atoms with Crippen LogP contribution >= 0.6 is 22.9 Å². The van der Waals surface area contributed by atoms with E-state index in [2.05, 4.69) is 24.8 Å². The molecule has 3 aromatic heterocycles. The lowest BCUT2D eigenvalue weighted by molar-refractivity contribution is -0.925. The fourth-order valence-electron chi connectivity index (χ4n) is 8.04. The Morgan fingerprint density at radius 2 is 1.70 bits per heavy atom. The average molecular weight is 908 g/mol. The zero-order chi connectivity index (χ0) is 44.7. The second kappa shape index (κ2) is 17.6. The molecule has 1 aliphatic rings. The van der Waals surface area contributed by atoms with Gasteiger partial charge < -0.3 is 29.8 Å². The molecule has 1 saturated heterocycles. The van der Waals surface area contributed by atoms with E-state index in [0.29, 0.717) is 83.1 Å². The molecular weight excluding hydrogens is 866 g/mol. The van der Waals surface area contributed by atoms with Crippen LogP contribution < -0.4 is 30.5 Å². The predicted octanol–water partition coefficient (Wildman–Crippen LogP) is 7.80. The molecule has 0 saturated carbocycles. The van der Waals surface area contributed by atoms with E-state index in [1.165, 1.54) is 17.7 Å². The van der Waals surface area contributed by atoms with Crippen LogP contribution in [0.5, 0.6) is 23.1 Å². The van der Waals surface area contributed by atoms with Crippen LogP contribution in [0.3, 0.4) is 0 Å². The van der Waals surface area contributed by atoms with Crippen molar-refractivity contribution in [1.29, 1.82) is 0 Å². The Hall–Kier alpha value is -6.50. The van der Waals surface area contributed by atoms with Crippen molar-refractivity contribution in [2.75, 3.05) is 59.2 Å². The third kappa shape index (κ3) is 8.23. The van der Waals surface area contributed by atoms with Crippen LogP contribution in [0.2, 0.25) is 5.02 Å². The average Bonchev–Trinajstić information content (AvgIpc) is 3.70. The summed E-state index contributed by atoms with van der Waals surface area (Å²) >= 11 is 8.34. The predicted molar refractivity (Wildman–Crippen MR) is 242 cm³/mol. The molecule has 5 N–H and O–H groups in total. The molecule has 0 bridgehead atoms. The highest BCUT2D eigenvalue weighted by Crippen LogP contribution is 2.50. The normalized spacial score (nSPS) is 14.6. The van der Waals surface area contributed by atoms with E-state index >= 15 is 8.78 Å².